The van der Waals surface area contributed by atoms with Crippen LogP contribution in [-0.4, -0.2) is 39.6 Å². The quantitative estimate of drug-likeness (QED) is 0.526. The Morgan fingerprint density at radius 1 is 1.27 bits per heavy atom. The first kappa shape index (κ1) is 17.0. The fourth-order valence-electron chi connectivity index (χ4n) is 0.806. The lowest BCUT2D eigenvalue weighted by Crippen LogP contribution is -2.18. The predicted molar refractivity (Wildman–Crippen MR) is 58.0 cm³/mol. The van der Waals surface area contributed by atoms with Crippen molar-refractivity contribution in [2.45, 2.75) is 32.9 Å². The minimum atomic E-state index is -4.43. The molecular formula is C8H20NO5P. The number of carbonyl (C=O) groups is 1. The van der Waals surface area contributed by atoms with Crippen molar-refractivity contribution in [3.05, 3.63) is 0 Å². The van der Waals surface area contributed by atoms with Crippen LogP contribution in [-0.2, 0) is 9.36 Å². The summed E-state index contributed by atoms with van der Waals surface area (Å²) < 4.78 is 10.3. The van der Waals surface area contributed by atoms with E-state index in [4.69, 9.17) is 14.9 Å². The summed E-state index contributed by atoms with van der Waals surface area (Å²) in [6, 6.07) is 0. The summed E-state index contributed by atoms with van der Waals surface area (Å²) in [5.74, 6) is -1.45. The summed E-state index contributed by atoms with van der Waals surface area (Å²) in [7, 11) is -4.43. The average molecular weight is 241 g/mol. The Hall–Kier alpha value is -0.420. The topological polar surface area (TPSA) is 107 Å². The van der Waals surface area contributed by atoms with Gasteiger partial charge >= 0.3 is 13.6 Å². The highest BCUT2D eigenvalue weighted by Crippen LogP contribution is 2.42. The zero-order valence-corrected chi connectivity index (χ0v) is 10.2. The number of aliphatic carboxylic acids is 1. The van der Waals surface area contributed by atoms with Crippen LogP contribution < -0.4 is 5.32 Å². The van der Waals surface area contributed by atoms with Crippen LogP contribution in [0, 0.1) is 0 Å². The number of rotatable bonds is 5. The molecular weight excluding hydrogens is 221 g/mol. The Kier molecular flexibility index (Phi) is 10.0. The van der Waals surface area contributed by atoms with Gasteiger partial charge in [-0.05, 0) is 19.5 Å². The van der Waals surface area contributed by atoms with Gasteiger partial charge in [-0.2, -0.15) is 0 Å². The predicted octanol–water partition coefficient (Wildman–Crippen LogP) is 0.643. The Balaban J connectivity index is 0. The third kappa shape index (κ3) is 9.87. The fraction of sp³-hybridized carbons (Fsp3) is 0.875. The molecule has 0 aromatic rings. The van der Waals surface area contributed by atoms with Crippen molar-refractivity contribution in [3.8, 4) is 0 Å². The molecule has 0 aromatic carbocycles. The molecule has 0 amide bonds. The molecule has 0 rings (SSSR count). The van der Waals surface area contributed by atoms with Gasteiger partial charge in [0.1, 0.15) is 0 Å². The molecule has 7 heteroatoms. The van der Waals surface area contributed by atoms with E-state index in [9.17, 15) is 9.36 Å². The Morgan fingerprint density at radius 3 is 1.67 bits per heavy atom. The largest absolute Gasteiger partial charge is 0.481 e. The summed E-state index contributed by atoms with van der Waals surface area (Å²) in [5.41, 5.74) is -1.55. The minimum absolute atomic E-state index is 0.0559. The number of carboxylic acid groups (broad SMARTS) is 1. The smallest absolute Gasteiger partial charge is 0.339 e. The van der Waals surface area contributed by atoms with Crippen molar-refractivity contribution in [1.29, 1.82) is 0 Å². The Labute approximate surface area is 89.9 Å². The number of carboxylic acids is 1. The van der Waals surface area contributed by atoms with Crippen LogP contribution in [0.25, 0.3) is 0 Å². The Bertz CT molecular complexity index is 213. The third-order valence-corrected chi connectivity index (χ3v) is 2.98. The molecule has 1 unspecified atom stereocenters. The zero-order chi connectivity index (χ0) is 12.5. The molecule has 0 radical (unpaired) electrons. The summed E-state index contributed by atoms with van der Waals surface area (Å²) in [6.45, 7) is 7.80. The first-order chi connectivity index (χ1) is 6.81. The Morgan fingerprint density at radius 2 is 1.67 bits per heavy atom. The number of hydrogen-bond donors (Lipinski definition) is 4. The SMILES string of the molecule is CCC(C(=O)O)P(=O)(O)O.CCNCC. The molecule has 0 aromatic heterocycles. The second-order valence-corrected chi connectivity index (χ2v) is 4.61. The molecule has 92 valence electrons. The molecule has 4 N–H and O–H groups in total. The summed E-state index contributed by atoms with van der Waals surface area (Å²) in [5, 5.41) is 11.3. The normalized spacial score (nSPS) is 12.6. The van der Waals surface area contributed by atoms with Gasteiger partial charge in [-0.3, -0.25) is 9.36 Å². The van der Waals surface area contributed by atoms with E-state index in [1.807, 2.05) is 0 Å². The maximum Gasteiger partial charge on any atom is 0.339 e. The lowest BCUT2D eigenvalue weighted by atomic mass is 10.3. The van der Waals surface area contributed by atoms with E-state index < -0.39 is 19.2 Å². The van der Waals surface area contributed by atoms with Crippen LogP contribution in [0.3, 0.4) is 0 Å². The van der Waals surface area contributed by atoms with Gasteiger partial charge in [-0.1, -0.05) is 20.8 Å². The van der Waals surface area contributed by atoms with E-state index in [-0.39, 0.29) is 6.42 Å². The molecule has 0 fully saturated rings. The first-order valence-corrected chi connectivity index (χ1v) is 6.48. The standard InChI is InChI=1S/C4H11N.C4H9O5P/c1-3-5-4-2;1-2-3(4(5)6)10(7,8)9/h5H,3-4H2,1-2H3;3H,2H2,1H3,(H,5,6)(H2,7,8,9). The van der Waals surface area contributed by atoms with Gasteiger partial charge in [0.25, 0.3) is 0 Å². The van der Waals surface area contributed by atoms with Gasteiger partial charge < -0.3 is 20.2 Å². The van der Waals surface area contributed by atoms with Gasteiger partial charge in [0.15, 0.2) is 5.66 Å². The fourth-order valence-corrected chi connectivity index (χ4v) is 1.57. The van der Waals surface area contributed by atoms with E-state index in [1.165, 1.54) is 6.92 Å². The molecule has 0 aliphatic rings. The van der Waals surface area contributed by atoms with Gasteiger partial charge in [0.2, 0.25) is 0 Å². The van der Waals surface area contributed by atoms with Crippen molar-refractivity contribution in [1.82, 2.24) is 5.32 Å². The molecule has 6 nitrogen and oxygen atoms in total. The molecule has 0 spiro atoms. The third-order valence-electron chi connectivity index (χ3n) is 1.58. The van der Waals surface area contributed by atoms with Crippen LogP contribution in [0.5, 0.6) is 0 Å². The zero-order valence-electron chi connectivity index (χ0n) is 9.30. The van der Waals surface area contributed by atoms with E-state index in [2.05, 4.69) is 19.2 Å². The highest BCUT2D eigenvalue weighted by Gasteiger charge is 2.33. The van der Waals surface area contributed by atoms with E-state index >= 15 is 0 Å². The summed E-state index contributed by atoms with van der Waals surface area (Å²) in [4.78, 5) is 26.8. The lowest BCUT2D eigenvalue weighted by molar-refractivity contribution is -0.136. The molecule has 0 saturated carbocycles. The highest BCUT2D eigenvalue weighted by atomic mass is 31.2. The molecule has 15 heavy (non-hydrogen) atoms. The van der Waals surface area contributed by atoms with Gasteiger partial charge in [-0.25, -0.2) is 0 Å². The van der Waals surface area contributed by atoms with Crippen LogP contribution in [0.4, 0.5) is 0 Å². The number of nitrogens with one attached hydrogen (secondary N) is 1. The monoisotopic (exact) mass is 241 g/mol. The first-order valence-electron chi connectivity index (χ1n) is 4.79. The van der Waals surface area contributed by atoms with E-state index in [1.54, 1.807) is 0 Å². The van der Waals surface area contributed by atoms with Gasteiger partial charge in [0.05, 0.1) is 0 Å². The molecule has 0 bridgehead atoms. The van der Waals surface area contributed by atoms with Crippen molar-refractivity contribution in [2.24, 2.45) is 0 Å². The highest BCUT2D eigenvalue weighted by molar-refractivity contribution is 7.53. The summed E-state index contributed by atoms with van der Waals surface area (Å²) in [6.07, 6.45) is -0.0559. The van der Waals surface area contributed by atoms with E-state index in [0.29, 0.717) is 0 Å². The summed E-state index contributed by atoms with van der Waals surface area (Å²) >= 11 is 0. The lowest BCUT2D eigenvalue weighted by Gasteiger charge is -2.10. The van der Waals surface area contributed by atoms with Gasteiger partial charge in [0, 0.05) is 0 Å². The maximum absolute atomic E-state index is 10.3. The molecule has 0 aliphatic carbocycles. The van der Waals surface area contributed by atoms with Crippen LogP contribution >= 0.6 is 7.60 Å². The second kappa shape index (κ2) is 8.85. The molecule has 0 aliphatic heterocycles. The van der Waals surface area contributed by atoms with Crippen molar-refractivity contribution in [3.63, 3.8) is 0 Å². The van der Waals surface area contributed by atoms with Crippen molar-refractivity contribution >= 4 is 13.6 Å². The van der Waals surface area contributed by atoms with Crippen LogP contribution in [0.15, 0.2) is 0 Å². The van der Waals surface area contributed by atoms with Crippen molar-refractivity contribution in [2.75, 3.05) is 13.1 Å². The van der Waals surface area contributed by atoms with Gasteiger partial charge in [-0.15, -0.1) is 0 Å². The molecule has 0 heterocycles. The average Bonchev–Trinajstić information content (AvgIpc) is 2.04. The maximum atomic E-state index is 10.3. The molecule has 1 atom stereocenters. The van der Waals surface area contributed by atoms with Crippen molar-refractivity contribution < 1.29 is 24.3 Å². The molecule has 0 saturated heterocycles. The second-order valence-electron chi connectivity index (χ2n) is 2.81. The van der Waals surface area contributed by atoms with Crippen LogP contribution in [0.1, 0.15) is 27.2 Å². The number of hydrogen-bond acceptors (Lipinski definition) is 3. The minimum Gasteiger partial charge on any atom is -0.481 e. The van der Waals surface area contributed by atoms with Crippen LogP contribution in [0.2, 0.25) is 0 Å². The van der Waals surface area contributed by atoms with E-state index in [0.717, 1.165) is 13.1 Å².